The van der Waals surface area contributed by atoms with Crippen LogP contribution in [0.3, 0.4) is 0 Å². The maximum absolute atomic E-state index is 11.1. The Balaban J connectivity index is 2.38. The molecule has 0 saturated heterocycles. The van der Waals surface area contributed by atoms with Crippen molar-refractivity contribution in [1.82, 2.24) is 0 Å². The van der Waals surface area contributed by atoms with Gasteiger partial charge in [0.05, 0.1) is 6.42 Å². The third-order valence-electron chi connectivity index (χ3n) is 4.68. The van der Waals surface area contributed by atoms with Crippen LogP contribution < -0.4 is 0 Å². The Hall–Kier alpha value is -1.51. The number of aromatic hydroxyl groups is 1. The fraction of sp³-hybridized carbons (Fsp3) is 0.588. The van der Waals surface area contributed by atoms with Crippen LogP contribution in [0.2, 0.25) is 0 Å². The first-order chi connectivity index (χ1) is 9.35. The second kappa shape index (κ2) is 5.47. The number of phenols is 1. The quantitative estimate of drug-likeness (QED) is 0.824. The molecule has 1 aromatic carbocycles. The van der Waals surface area contributed by atoms with E-state index in [1.54, 1.807) is 6.07 Å². The van der Waals surface area contributed by atoms with Gasteiger partial charge in [0, 0.05) is 5.92 Å². The minimum atomic E-state index is -0.790. The van der Waals surface area contributed by atoms with Crippen molar-refractivity contribution < 1.29 is 15.0 Å². The zero-order valence-electron chi connectivity index (χ0n) is 12.5. The third-order valence-corrected chi connectivity index (χ3v) is 4.68. The summed E-state index contributed by atoms with van der Waals surface area (Å²) < 4.78 is 0. The predicted octanol–water partition coefficient (Wildman–Crippen LogP) is 4.05. The van der Waals surface area contributed by atoms with E-state index in [1.807, 2.05) is 12.1 Å². The van der Waals surface area contributed by atoms with Gasteiger partial charge < -0.3 is 10.2 Å². The number of hydrogen-bond acceptors (Lipinski definition) is 2. The first-order valence-electron chi connectivity index (χ1n) is 7.40. The number of carboxylic acid groups (broad SMARTS) is 1. The van der Waals surface area contributed by atoms with E-state index in [9.17, 15) is 9.90 Å². The highest BCUT2D eigenvalue weighted by Gasteiger charge is 2.35. The van der Waals surface area contributed by atoms with Gasteiger partial charge in [0.15, 0.2) is 0 Å². The number of benzene rings is 1. The number of phenolic OH excluding ortho intramolecular Hbond substituents is 1. The topological polar surface area (TPSA) is 57.5 Å². The standard InChI is InChI=1S/C17H24O3/c1-4-17(2,3)12-7-8-15(18)14(9-12)13(10-16(19)20)11-5-6-11/h7-9,11,13,18H,4-6,10H2,1-3H3,(H,19,20). The second-order valence-corrected chi connectivity index (χ2v) is 6.55. The van der Waals surface area contributed by atoms with Gasteiger partial charge in [0.1, 0.15) is 5.75 Å². The van der Waals surface area contributed by atoms with Crippen LogP contribution in [-0.2, 0) is 10.2 Å². The van der Waals surface area contributed by atoms with E-state index in [1.165, 1.54) is 5.56 Å². The molecule has 3 heteroatoms. The van der Waals surface area contributed by atoms with Crippen molar-refractivity contribution in [3.63, 3.8) is 0 Å². The summed E-state index contributed by atoms with van der Waals surface area (Å²) in [5.41, 5.74) is 2.03. The van der Waals surface area contributed by atoms with Crippen molar-refractivity contribution in [2.75, 3.05) is 0 Å². The molecule has 0 amide bonds. The maximum atomic E-state index is 11.1. The molecule has 0 spiro atoms. The van der Waals surface area contributed by atoms with Crippen molar-refractivity contribution in [2.24, 2.45) is 5.92 Å². The van der Waals surface area contributed by atoms with Crippen LogP contribution in [0, 0.1) is 5.92 Å². The Morgan fingerprint density at radius 1 is 1.40 bits per heavy atom. The van der Waals surface area contributed by atoms with Gasteiger partial charge in [0.25, 0.3) is 0 Å². The van der Waals surface area contributed by atoms with Crippen molar-refractivity contribution >= 4 is 5.97 Å². The first-order valence-corrected chi connectivity index (χ1v) is 7.40. The summed E-state index contributed by atoms with van der Waals surface area (Å²) in [6.45, 7) is 6.49. The van der Waals surface area contributed by atoms with Gasteiger partial charge in [0.2, 0.25) is 0 Å². The van der Waals surface area contributed by atoms with E-state index < -0.39 is 5.97 Å². The largest absolute Gasteiger partial charge is 0.508 e. The minimum Gasteiger partial charge on any atom is -0.508 e. The molecule has 1 fully saturated rings. The lowest BCUT2D eigenvalue weighted by Gasteiger charge is -2.26. The normalized spacial score (nSPS) is 16.9. The summed E-state index contributed by atoms with van der Waals surface area (Å²) in [5.74, 6) is -0.197. The maximum Gasteiger partial charge on any atom is 0.303 e. The zero-order valence-corrected chi connectivity index (χ0v) is 12.5. The average Bonchev–Trinajstić information content (AvgIpc) is 3.20. The molecule has 1 atom stereocenters. The summed E-state index contributed by atoms with van der Waals surface area (Å²) in [6.07, 6.45) is 3.25. The molecule has 2 rings (SSSR count). The van der Waals surface area contributed by atoms with Crippen LogP contribution >= 0.6 is 0 Å². The van der Waals surface area contributed by atoms with Gasteiger partial charge in [-0.15, -0.1) is 0 Å². The van der Waals surface area contributed by atoms with Crippen molar-refractivity contribution in [3.05, 3.63) is 29.3 Å². The molecule has 110 valence electrons. The van der Waals surface area contributed by atoms with Gasteiger partial charge in [-0.2, -0.15) is 0 Å². The van der Waals surface area contributed by atoms with E-state index in [4.69, 9.17) is 5.11 Å². The molecule has 0 heterocycles. The highest BCUT2D eigenvalue weighted by atomic mass is 16.4. The molecule has 0 bridgehead atoms. The molecule has 1 aliphatic carbocycles. The minimum absolute atomic E-state index is 0.0414. The van der Waals surface area contributed by atoms with Crippen LogP contribution in [0.25, 0.3) is 0 Å². The van der Waals surface area contributed by atoms with Gasteiger partial charge >= 0.3 is 5.97 Å². The molecule has 1 unspecified atom stereocenters. The SMILES string of the molecule is CCC(C)(C)c1ccc(O)c(C(CC(=O)O)C2CC2)c1. The molecule has 20 heavy (non-hydrogen) atoms. The van der Waals surface area contributed by atoms with Crippen LogP contribution in [0.15, 0.2) is 18.2 Å². The van der Waals surface area contributed by atoms with Gasteiger partial charge in [-0.05, 0) is 47.8 Å². The Bertz CT molecular complexity index is 501. The summed E-state index contributed by atoms with van der Waals surface area (Å²) in [5, 5.41) is 19.2. The second-order valence-electron chi connectivity index (χ2n) is 6.55. The third kappa shape index (κ3) is 3.14. The van der Waals surface area contributed by atoms with Crippen LogP contribution in [-0.4, -0.2) is 16.2 Å². The van der Waals surface area contributed by atoms with Gasteiger partial charge in [-0.1, -0.05) is 32.9 Å². The summed E-state index contributed by atoms with van der Waals surface area (Å²) in [6, 6.07) is 5.69. The predicted molar refractivity (Wildman–Crippen MR) is 79.1 cm³/mol. The lowest BCUT2D eigenvalue weighted by atomic mass is 9.79. The van der Waals surface area contributed by atoms with Gasteiger partial charge in [-0.3, -0.25) is 4.79 Å². The van der Waals surface area contributed by atoms with E-state index in [-0.39, 0.29) is 23.5 Å². The summed E-state index contributed by atoms with van der Waals surface area (Å²) in [7, 11) is 0. The Kier molecular flexibility index (Phi) is 4.07. The molecule has 1 saturated carbocycles. The van der Waals surface area contributed by atoms with Crippen LogP contribution in [0.5, 0.6) is 5.75 Å². The molecule has 2 N–H and O–H groups in total. The molecule has 1 aromatic rings. The Morgan fingerprint density at radius 3 is 2.55 bits per heavy atom. The molecular formula is C17H24O3. The molecule has 1 aliphatic rings. The highest BCUT2D eigenvalue weighted by Crippen LogP contribution is 2.47. The fourth-order valence-electron chi connectivity index (χ4n) is 2.69. The number of hydrogen-bond donors (Lipinski definition) is 2. The summed E-state index contributed by atoms with van der Waals surface area (Å²) >= 11 is 0. The monoisotopic (exact) mass is 276 g/mol. The Morgan fingerprint density at radius 2 is 2.05 bits per heavy atom. The molecule has 0 radical (unpaired) electrons. The molecule has 0 aliphatic heterocycles. The lowest BCUT2D eigenvalue weighted by Crippen LogP contribution is -2.17. The smallest absolute Gasteiger partial charge is 0.303 e. The van der Waals surface area contributed by atoms with E-state index in [0.717, 1.165) is 24.8 Å². The van der Waals surface area contributed by atoms with E-state index in [0.29, 0.717) is 5.92 Å². The fourth-order valence-corrected chi connectivity index (χ4v) is 2.69. The zero-order chi connectivity index (χ0) is 14.9. The molecular weight excluding hydrogens is 252 g/mol. The highest BCUT2D eigenvalue weighted by molar-refractivity contribution is 5.68. The number of carbonyl (C=O) groups is 1. The molecule has 3 nitrogen and oxygen atoms in total. The van der Waals surface area contributed by atoms with Crippen LogP contribution in [0.1, 0.15) is 63.5 Å². The van der Waals surface area contributed by atoms with Crippen LogP contribution in [0.4, 0.5) is 0 Å². The van der Waals surface area contributed by atoms with Crippen molar-refractivity contribution in [3.8, 4) is 5.75 Å². The van der Waals surface area contributed by atoms with E-state index >= 15 is 0 Å². The average molecular weight is 276 g/mol. The first kappa shape index (κ1) is 14.9. The van der Waals surface area contributed by atoms with Crippen molar-refractivity contribution in [2.45, 2.75) is 57.8 Å². The number of carboxylic acids is 1. The Labute approximate surface area is 120 Å². The number of aliphatic carboxylic acids is 1. The van der Waals surface area contributed by atoms with Gasteiger partial charge in [-0.25, -0.2) is 0 Å². The van der Waals surface area contributed by atoms with E-state index in [2.05, 4.69) is 20.8 Å². The van der Waals surface area contributed by atoms with Crippen molar-refractivity contribution in [1.29, 1.82) is 0 Å². The number of rotatable bonds is 6. The lowest BCUT2D eigenvalue weighted by molar-refractivity contribution is -0.137. The summed E-state index contributed by atoms with van der Waals surface area (Å²) in [4.78, 5) is 11.1. The molecule has 0 aromatic heterocycles.